The van der Waals surface area contributed by atoms with Gasteiger partial charge in [-0.05, 0) is 45.7 Å². The highest BCUT2D eigenvalue weighted by Crippen LogP contribution is 2.40. The Kier molecular flexibility index (Phi) is 4.18. The van der Waals surface area contributed by atoms with Gasteiger partial charge in [-0.1, -0.05) is 18.2 Å². The number of nitrogen functional groups attached to an aromatic ring is 1. The van der Waals surface area contributed by atoms with E-state index in [1.54, 1.807) is 6.07 Å². The highest BCUT2D eigenvalue weighted by Gasteiger charge is 2.46. The van der Waals surface area contributed by atoms with Gasteiger partial charge in [-0.15, -0.1) is 0 Å². The van der Waals surface area contributed by atoms with E-state index in [1.807, 2.05) is 49.6 Å². The van der Waals surface area contributed by atoms with Gasteiger partial charge in [0.2, 0.25) is 0 Å². The van der Waals surface area contributed by atoms with Gasteiger partial charge in [0.1, 0.15) is 17.1 Å². The molecule has 8 heteroatoms. The lowest BCUT2D eigenvalue weighted by atomic mass is 10.1. The van der Waals surface area contributed by atoms with E-state index in [-0.39, 0.29) is 11.4 Å². The largest absolute Gasteiger partial charge is 0.444 e. The molecule has 1 aliphatic rings. The number of benzene rings is 1. The zero-order valence-electron chi connectivity index (χ0n) is 16.8. The molecule has 2 amide bonds. The molecule has 0 saturated heterocycles. The van der Waals surface area contributed by atoms with Crippen LogP contribution in [0, 0.1) is 0 Å². The molecule has 3 aromatic rings. The number of nitrogens with zero attached hydrogens (tertiary/aromatic N) is 2. The third-order valence-electron chi connectivity index (χ3n) is 5.12. The van der Waals surface area contributed by atoms with Crippen LogP contribution in [0.2, 0.25) is 0 Å². The third-order valence-corrected chi connectivity index (χ3v) is 5.12. The summed E-state index contributed by atoms with van der Waals surface area (Å²) in [6.45, 7) is 6.03. The number of primary amides is 1. The average molecular weight is 395 g/mol. The van der Waals surface area contributed by atoms with Crippen molar-refractivity contribution in [2.45, 2.75) is 51.3 Å². The maximum atomic E-state index is 12.3. The monoisotopic (exact) mass is 395 g/mol. The number of anilines is 1. The van der Waals surface area contributed by atoms with Crippen LogP contribution in [0.4, 0.5) is 10.6 Å². The fourth-order valence-electron chi connectivity index (χ4n) is 3.63. The van der Waals surface area contributed by atoms with Crippen molar-refractivity contribution in [3.8, 4) is 0 Å². The Morgan fingerprint density at radius 3 is 2.55 bits per heavy atom. The molecule has 0 radical (unpaired) electrons. The molecule has 2 aromatic heterocycles. The van der Waals surface area contributed by atoms with Crippen LogP contribution in [-0.4, -0.2) is 32.7 Å². The summed E-state index contributed by atoms with van der Waals surface area (Å²) in [5, 5.41) is 4.77. The van der Waals surface area contributed by atoms with Crippen LogP contribution in [0.5, 0.6) is 0 Å². The smallest absolute Gasteiger partial charge is 0.408 e. The van der Waals surface area contributed by atoms with Crippen molar-refractivity contribution in [2.24, 2.45) is 5.73 Å². The molecule has 0 spiro atoms. The number of hydrogen-bond acceptors (Lipinski definition) is 5. The number of aromatic nitrogens is 2. The van der Waals surface area contributed by atoms with Gasteiger partial charge in [0, 0.05) is 17.3 Å². The normalized spacial score (nSPS) is 15.4. The molecule has 8 nitrogen and oxygen atoms in total. The first-order valence-corrected chi connectivity index (χ1v) is 9.57. The number of alkyl carbamates (subject to hydrolysis) is 1. The second-order valence-electron chi connectivity index (χ2n) is 8.67. The summed E-state index contributed by atoms with van der Waals surface area (Å²) in [5.41, 5.74) is 12.3. The zero-order valence-corrected chi connectivity index (χ0v) is 16.8. The molecule has 1 fully saturated rings. The average Bonchev–Trinajstić information content (AvgIpc) is 3.30. The van der Waals surface area contributed by atoms with Gasteiger partial charge in [-0.3, -0.25) is 4.79 Å². The van der Waals surface area contributed by atoms with E-state index in [2.05, 4.69) is 10.3 Å². The van der Waals surface area contributed by atoms with Crippen LogP contribution in [0.15, 0.2) is 30.3 Å². The second-order valence-corrected chi connectivity index (χ2v) is 8.67. The summed E-state index contributed by atoms with van der Waals surface area (Å²) in [6, 6.07) is 9.52. The minimum atomic E-state index is -0.612. The van der Waals surface area contributed by atoms with Gasteiger partial charge in [-0.25, -0.2) is 9.78 Å². The fraction of sp³-hybridized carbons (Fsp3) is 0.381. The quantitative estimate of drug-likeness (QED) is 0.626. The number of carbonyl (C=O) groups is 2. The Bertz CT molecular complexity index is 1140. The number of rotatable bonds is 4. The number of hydrogen-bond donors (Lipinski definition) is 3. The Morgan fingerprint density at radius 1 is 1.24 bits per heavy atom. The number of para-hydroxylation sites is 1. The number of pyridine rings is 1. The van der Waals surface area contributed by atoms with Gasteiger partial charge in [0.05, 0.1) is 16.6 Å². The number of nitrogens with one attached hydrogen (secondary N) is 1. The lowest BCUT2D eigenvalue weighted by Gasteiger charge is -2.24. The summed E-state index contributed by atoms with van der Waals surface area (Å²) in [4.78, 5) is 28.5. The van der Waals surface area contributed by atoms with Crippen LogP contribution in [0.1, 0.15) is 44.0 Å². The highest BCUT2D eigenvalue weighted by molar-refractivity contribution is 6.10. The van der Waals surface area contributed by atoms with Gasteiger partial charge >= 0.3 is 6.09 Å². The van der Waals surface area contributed by atoms with Gasteiger partial charge in [0.25, 0.3) is 5.91 Å². The van der Waals surface area contributed by atoms with Gasteiger partial charge < -0.3 is 26.1 Å². The van der Waals surface area contributed by atoms with Crippen LogP contribution >= 0.6 is 0 Å². The summed E-state index contributed by atoms with van der Waals surface area (Å²) >= 11 is 0. The SMILES string of the molecule is CC(C)(C)OC(=O)NC1(Cn2c3ccccc3c3cc(C(N)=O)c(N)nc32)CC1. The van der Waals surface area contributed by atoms with E-state index >= 15 is 0 Å². The van der Waals surface area contributed by atoms with Crippen LogP contribution in [0.3, 0.4) is 0 Å². The number of ether oxygens (including phenoxy) is 1. The first kappa shape index (κ1) is 19.0. The summed E-state index contributed by atoms with van der Waals surface area (Å²) in [5.74, 6) is -0.516. The number of amides is 2. The first-order valence-electron chi connectivity index (χ1n) is 9.57. The van der Waals surface area contributed by atoms with Gasteiger partial charge in [-0.2, -0.15) is 0 Å². The number of carbonyl (C=O) groups excluding carboxylic acids is 2. The minimum absolute atomic E-state index is 0.0963. The Morgan fingerprint density at radius 2 is 1.93 bits per heavy atom. The van der Waals surface area contributed by atoms with Crippen LogP contribution < -0.4 is 16.8 Å². The van der Waals surface area contributed by atoms with E-state index in [1.165, 1.54) is 0 Å². The molecule has 152 valence electrons. The van der Waals surface area contributed by atoms with E-state index in [0.29, 0.717) is 12.2 Å². The molecule has 5 N–H and O–H groups in total. The topological polar surface area (TPSA) is 125 Å². The van der Waals surface area contributed by atoms with Crippen LogP contribution in [0.25, 0.3) is 21.9 Å². The van der Waals surface area contributed by atoms with E-state index in [4.69, 9.17) is 16.2 Å². The third kappa shape index (κ3) is 3.57. The molecule has 0 unspecified atom stereocenters. The Labute approximate surface area is 168 Å². The minimum Gasteiger partial charge on any atom is -0.444 e. The van der Waals surface area contributed by atoms with Crippen molar-refractivity contribution in [1.29, 1.82) is 0 Å². The Hall–Kier alpha value is -3.29. The Balaban J connectivity index is 1.76. The molecular weight excluding hydrogens is 370 g/mol. The summed E-state index contributed by atoms with van der Waals surface area (Å²) in [7, 11) is 0. The lowest BCUT2D eigenvalue weighted by molar-refractivity contribution is 0.0491. The maximum absolute atomic E-state index is 12.3. The molecule has 0 aliphatic heterocycles. The molecule has 1 aromatic carbocycles. The molecule has 2 heterocycles. The molecule has 0 bridgehead atoms. The van der Waals surface area contributed by atoms with E-state index in [9.17, 15) is 9.59 Å². The molecule has 1 saturated carbocycles. The van der Waals surface area contributed by atoms with Crippen molar-refractivity contribution in [1.82, 2.24) is 14.9 Å². The molecular formula is C21H25N5O3. The zero-order chi connectivity index (χ0) is 21.0. The van der Waals surface area contributed by atoms with E-state index < -0.39 is 23.1 Å². The highest BCUT2D eigenvalue weighted by atomic mass is 16.6. The second kappa shape index (κ2) is 6.37. The predicted molar refractivity (Wildman–Crippen MR) is 112 cm³/mol. The fourth-order valence-corrected chi connectivity index (χ4v) is 3.63. The standard InChI is InChI=1S/C21H25N5O3/c1-20(2,3)29-19(28)25-21(8-9-21)11-26-15-7-5-4-6-12(15)13-10-14(17(23)27)16(22)24-18(13)26/h4-7,10H,8-9,11H2,1-3H3,(H2,22,24)(H2,23,27)(H,25,28). The lowest BCUT2D eigenvalue weighted by Crippen LogP contribution is -2.43. The maximum Gasteiger partial charge on any atom is 0.408 e. The van der Waals surface area contributed by atoms with Crippen molar-refractivity contribution in [3.63, 3.8) is 0 Å². The number of fused-ring (bicyclic) bond motifs is 3. The van der Waals surface area contributed by atoms with Crippen molar-refractivity contribution in [3.05, 3.63) is 35.9 Å². The van der Waals surface area contributed by atoms with Gasteiger partial charge in [0.15, 0.2) is 0 Å². The number of nitrogens with two attached hydrogens (primary N) is 2. The van der Waals surface area contributed by atoms with Crippen molar-refractivity contribution in [2.75, 3.05) is 5.73 Å². The summed E-state index contributed by atoms with van der Waals surface area (Å²) in [6.07, 6.45) is 1.25. The predicted octanol–water partition coefficient (Wildman–Crippen LogP) is 2.93. The first-order chi connectivity index (χ1) is 13.6. The van der Waals surface area contributed by atoms with E-state index in [0.717, 1.165) is 29.1 Å². The summed E-state index contributed by atoms with van der Waals surface area (Å²) < 4.78 is 7.46. The molecule has 4 rings (SSSR count). The molecule has 29 heavy (non-hydrogen) atoms. The molecule has 0 atom stereocenters. The van der Waals surface area contributed by atoms with Crippen molar-refractivity contribution >= 4 is 39.8 Å². The van der Waals surface area contributed by atoms with Crippen molar-refractivity contribution < 1.29 is 14.3 Å². The molecule has 1 aliphatic carbocycles. The van der Waals surface area contributed by atoms with Crippen LogP contribution in [-0.2, 0) is 11.3 Å².